The number of methoxy groups -OCH3 is 1. The first-order valence-electron chi connectivity index (χ1n) is 7.01. The van der Waals surface area contributed by atoms with Crippen molar-refractivity contribution in [3.05, 3.63) is 42.0 Å². The van der Waals surface area contributed by atoms with Gasteiger partial charge in [0, 0.05) is 12.8 Å². The first kappa shape index (κ1) is 15.5. The molecule has 1 aromatic heterocycles. The molecule has 1 heterocycles. The minimum absolute atomic E-state index is 0.00479. The standard InChI is InChI=1S/C15H21N3O3/c1-3-12(10-19)18(13-7-5-4-6-8-13)9-15-16-14(11-20-2)17-21-15/h4-8,12,19H,3,9-11H2,1-2H3. The Morgan fingerprint density at radius 1 is 1.33 bits per heavy atom. The smallest absolute Gasteiger partial charge is 0.246 e. The van der Waals surface area contributed by atoms with E-state index in [0.717, 1.165) is 12.1 Å². The molecule has 1 aromatic carbocycles. The molecule has 0 radical (unpaired) electrons. The summed E-state index contributed by atoms with van der Waals surface area (Å²) in [6.45, 7) is 2.90. The lowest BCUT2D eigenvalue weighted by Crippen LogP contribution is -2.37. The van der Waals surface area contributed by atoms with Crippen LogP contribution in [0.4, 0.5) is 5.69 Å². The van der Waals surface area contributed by atoms with Gasteiger partial charge in [-0.3, -0.25) is 0 Å². The second-order valence-corrected chi connectivity index (χ2v) is 4.75. The molecule has 0 aliphatic carbocycles. The number of anilines is 1. The van der Waals surface area contributed by atoms with Crippen molar-refractivity contribution in [1.29, 1.82) is 0 Å². The summed E-state index contributed by atoms with van der Waals surface area (Å²) in [4.78, 5) is 6.36. The SMILES string of the molecule is CCC(CO)N(Cc1nc(COC)no1)c1ccccc1. The Hall–Kier alpha value is -1.92. The number of rotatable bonds is 8. The van der Waals surface area contributed by atoms with Crippen LogP contribution in [0.25, 0.3) is 0 Å². The van der Waals surface area contributed by atoms with E-state index in [0.29, 0.717) is 24.9 Å². The average molecular weight is 291 g/mol. The molecule has 2 aromatic rings. The van der Waals surface area contributed by atoms with Crippen molar-refractivity contribution in [2.45, 2.75) is 32.5 Å². The maximum absolute atomic E-state index is 9.60. The molecule has 6 nitrogen and oxygen atoms in total. The van der Waals surface area contributed by atoms with E-state index in [2.05, 4.69) is 15.0 Å². The Morgan fingerprint density at radius 3 is 2.71 bits per heavy atom. The lowest BCUT2D eigenvalue weighted by Gasteiger charge is -2.30. The van der Waals surface area contributed by atoms with Crippen LogP contribution in [0.3, 0.4) is 0 Å². The molecule has 0 amide bonds. The Bertz CT molecular complexity index is 526. The summed E-state index contributed by atoms with van der Waals surface area (Å²) >= 11 is 0. The molecule has 1 unspecified atom stereocenters. The van der Waals surface area contributed by atoms with Gasteiger partial charge < -0.3 is 19.3 Å². The highest BCUT2D eigenvalue weighted by Crippen LogP contribution is 2.20. The minimum atomic E-state index is 0.00479. The minimum Gasteiger partial charge on any atom is -0.394 e. The normalized spacial score (nSPS) is 12.3. The fraction of sp³-hybridized carbons (Fsp3) is 0.467. The predicted molar refractivity (Wildman–Crippen MR) is 78.8 cm³/mol. The van der Waals surface area contributed by atoms with Gasteiger partial charge in [-0.1, -0.05) is 30.3 Å². The number of benzene rings is 1. The second kappa shape index (κ2) is 7.75. The molecule has 0 spiro atoms. The summed E-state index contributed by atoms with van der Waals surface area (Å²) < 4.78 is 10.2. The maximum atomic E-state index is 9.60. The fourth-order valence-corrected chi connectivity index (χ4v) is 2.19. The van der Waals surface area contributed by atoms with E-state index >= 15 is 0 Å². The van der Waals surface area contributed by atoms with Crippen LogP contribution in [0.5, 0.6) is 0 Å². The number of nitrogens with zero attached hydrogens (tertiary/aromatic N) is 3. The van der Waals surface area contributed by atoms with Crippen LogP contribution in [-0.2, 0) is 17.9 Å². The van der Waals surface area contributed by atoms with E-state index in [1.54, 1.807) is 7.11 Å². The van der Waals surface area contributed by atoms with Gasteiger partial charge in [-0.15, -0.1) is 0 Å². The van der Waals surface area contributed by atoms with E-state index in [4.69, 9.17) is 9.26 Å². The first-order valence-corrected chi connectivity index (χ1v) is 7.01. The van der Waals surface area contributed by atoms with Crippen molar-refractivity contribution in [3.8, 4) is 0 Å². The number of para-hydroxylation sites is 1. The summed E-state index contributed by atoms with van der Waals surface area (Å²) in [6.07, 6.45) is 0.824. The summed E-state index contributed by atoms with van der Waals surface area (Å²) in [6, 6.07) is 9.92. The third-order valence-corrected chi connectivity index (χ3v) is 3.30. The van der Waals surface area contributed by atoms with Gasteiger partial charge in [0.05, 0.1) is 19.2 Å². The van der Waals surface area contributed by atoms with Crippen molar-refractivity contribution in [2.75, 3.05) is 18.6 Å². The van der Waals surface area contributed by atoms with Crippen molar-refractivity contribution < 1.29 is 14.4 Å². The fourth-order valence-electron chi connectivity index (χ4n) is 2.19. The molecule has 2 rings (SSSR count). The van der Waals surface area contributed by atoms with Gasteiger partial charge in [-0.05, 0) is 18.6 Å². The predicted octanol–water partition coefficient (Wildman–Crippen LogP) is 1.99. The Kier molecular flexibility index (Phi) is 5.71. The molecular formula is C15H21N3O3. The summed E-state index contributed by atoms with van der Waals surface area (Å²) in [5, 5.41) is 13.5. The molecule has 0 saturated heterocycles. The number of ether oxygens (including phenoxy) is 1. The molecule has 0 saturated carbocycles. The molecule has 21 heavy (non-hydrogen) atoms. The number of hydrogen-bond donors (Lipinski definition) is 1. The number of aliphatic hydroxyl groups is 1. The van der Waals surface area contributed by atoms with Crippen LogP contribution in [0.1, 0.15) is 25.1 Å². The zero-order valence-electron chi connectivity index (χ0n) is 12.4. The second-order valence-electron chi connectivity index (χ2n) is 4.75. The Balaban J connectivity index is 2.19. The third-order valence-electron chi connectivity index (χ3n) is 3.30. The lowest BCUT2D eigenvalue weighted by atomic mass is 10.1. The van der Waals surface area contributed by atoms with Crippen LogP contribution in [0.15, 0.2) is 34.9 Å². The molecule has 0 aliphatic heterocycles. The average Bonchev–Trinajstić information content (AvgIpc) is 2.96. The monoisotopic (exact) mass is 291 g/mol. The largest absolute Gasteiger partial charge is 0.394 e. The molecule has 0 bridgehead atoms. The highest BCUT2D eigenvalue weighted by molar-refractivity contribution is 5.47. The lowest BCUT2D eigenvalue weighted by molar-refractivity contribution is 0.174. The van der Waals surface area contributed by atoms with E-state index in [1.807, 2.05) is 37.3 Å². The quantitative estimate of drug-likeness (QED) is 0.802. The van der Waals surface area contributed by atoms with Gasteiger partial charge in [-0.2, -0.15) is 4.98 Å². The Labute approximate surface area is 124 Å². The van der Waals surface area contributed by atoms with Crippen LogP contribution in [-0.4, -0.2) is 35.0 Å². The number of aromatic nitrogens is 2. The molecular weight excluding hydrogens is 270 g/mol. The van der Waals surface area contributed by atoms with Crippen molar-refractivity contribution in [2.24, 2.45) is 0 Å². The molecule has 6 heteroatoms. The Morgan fingerprint density at radius 2 is 2.10 bits per heavy atom. The topological polar surface area (TPSA) is 71.6 Å². The van der Waals surface area contributed by atoms with Gasteiger partial charge in [0.15, 0.2) is 5.82 Å². The van der Waals surface area contributed by atoms with Crippen molar-refractivity contribution in [1.82, 2.24) is 10.1 Å². The zero-order valence-corrected chi connectivity index (χ0v) is 12.4. The van der Waals surface area contributed by atoms with Gasteiger partial charge in [0.2, 0.25) is 5.89 Å². The first-order chi connectivity index (χ1) is 10.3. The third kappa shape index (κ3) is 4.03. The van der Waals surface area contributed by atoms with Crippen molar-refractivity contribution in [3.63, 3.8) is 0 Å². The summed E-state index contributed by atoms with van der Waals surface area (Å²) in [7, 11) is 1.59. The van der Waals surface area contributed by atoms with Gasteiger partial charge in [0.25, 0.3) is 0 Å². The van der Waals surface area contributed by atoms with Gasteiger partial charge in [0.1, 0.15) is 6.61 Å². The molecule has 114 valence electrons. The van der Waals surface area contributed by atoms with Crippen LogP contribution < -0.4 is 4.90 Å². The van der Waals surface area contributed by atoms with E-state index < -0.39 is 0 Å². The van der Waals surface area contributed by atoms with Crippen LogP contribution in [0, 0.1) is 0 Å². The van der Waals surface area contributed by atoms with Gasteiger partial charge in [-0.25, -0.2) is 0 Å². The molecule has 1 N–H and O–H groups in total. The van der Waals surface area contributed by atoms with Crippen molar-refractivity contribution >= 4 is 5.69 Å². The highest BCUT2D eigenvalue weighted by atomic mass is 16.5. The zero-order chi connectivity index (χ0) is 15.1. The number of hydrogen-bond acceptors (Lipinski definition) is 6. The van der Waals surface area contributed by atoms with Gasteiger partial charge >= 0.3 is 0 Å². The molecule has 0 fully saturated rings. The number of aliphatic hydroxyl groups excluding tert-OH is 1. The molecule has 1 atom stereocenters. The van der Waals surface area contributed by atoms with Crippen LogP contribution >= 0.6 is 0 Å². The van der Waals surface area contributed by atoms with E-state index in [9.17, 15) is 5.11 Å². The van der Waals surface area contributed by atoms with E-state index in [1.165, 1.54) is 0 Å². The summed E-state index contributed by atoms with van der Waals surface area (Å²) in [5.41, 5.74) is 1.02. The summed E-state index contributed by atoms with van der Waals surface area (Å²) in [5.74, 6) is 1.04. The van der Waals surface area contributed by atoms with Crippen LogP contribution in [0.2, 0.25) is 0 Å². The van der Waals surface area contributed by atoms with E-state index in [-0.39, 0.29) is 12.6 Å². The maximum Gasteiger partial charge on any atom is 0.246 e. The molecule has 0 aliphatic rings. The highest BCUT2D eigenvalue weighted by Gasteiger charge is 2.19.